The molecule has 0 atom stereocenters. The van der Waals surface area contributed by atoms with Crippen LogP contribution in [0.3, 0.4) is 0 Å². The summed E-state index contributed by atoms with van der Waals surface area (Å²) in [4.78, 5) is 35.8. The van der Waals surface area contributed by atoms with Crippen molar-refractivity contribution in [2.45, 2.75) is 6.42 Å². The van der Waals surface area contributed by atoms with Crippen LogP contribution in [0.5, 0.6) is 0 Å². The van der Waals surface area contributed by atoms with Crippen LogP contribution in [0.25, 0.3) is 0 Å². The summed E-state index contributed by atoms with van der Waals surface area (Å²) in [5, 5.41) is 23.0. The van der Waals surface area contributed by atoms with Crippen LogP contribution < -0.4 is 0 Å². The second-order valence-corrected chi connectivity index (χ2v) is 5.51. The third-order valence-corrected chi connectivity index (χ3v) is 3.92. The van der Waals surface area contributed by atoms with Gasteiger partial charge in [0.15, 0.2) is 0 Å². The molecular weight excluding hydrogens is 326 g/mol. The van der Waals surface area contributed by atoms with E-state index >= 15 is 0 Å². The van der Waals surface area contributed by atoms with E-state index in [4.69, 9.17) is 0 Å². The van der Waals surface area contributed by atoms with E-state index in [1.54, 1.807) is 24.3 Å². The first-order valence-electron chi connectivity index (χ1n) is 7.39. The molecule has 25 heavy (non-hydrogen) atoms. The Morgan fingerprint density at radius 3 is 2.08 bits per heavy atom. The Hall–Kier alpha value is -3.55. The van der Waals surface area contributed by atoms with Gasteiger partial charge in [-0.1, -0.05) is 29.4 Å². The number of fused-ring (bicyclic) bond motifs is 1. The summed E-state index contributed by atoms with van der Waals surface area (Å²) in [6, 6.07) is 12.2. The molecule has 0 radical (unpaired) electrons. The van der Waals surface area contributed by atoms with Crippen molar-refractivity contribution in [1.29, 1.82) is 0 Å². The topological polar surface area (TPSA) is 113 Å². The molecule has 1 heterocycles. The molecule has 8 heteroatoms. The molecule has 1 N–H and O–H groups in total. The van der Waals surface area contributed by atoms with Crippen molar-refractivity contribution in [3.8, 4) is 0 Å². The molecule has 3 rings (SSSR count). The monoisotopic (exact) mass is 339 g/mol. The van der Waals surface area contributed by atoms with Crippen molar-refractivity contribution in [3.05, 3.63) is 75.3 Å². The van der Waals surface area contributed by atoms with Crippen LogP contribution in [0.2, 0.25) is 0 Å². The minimum Gasteiger partial charge on any atom is -0.411 e. The predicted octanol–water partition coefficient (Wildman–Crippen LogP) is 2.26. The summed E-state index contributed by atoms with van der Waals surface area (Å²) >= 11 is 0. The summed E-state index contributed by atoms with van der Waals surface area (Å²) in [6.07, 6.45) is 0.155. The first-order chi connectivity index (χ1) is 12.0. The molecule has 2 aromatic carbocycles. The molecule has 8 nitrogen and oxygen atoms in total. The number of nitrogens with zero attached hydrogens (tertiary/aromatic N) is 3. The van der Waals surface area contributed by atoms with E-state index in [2.05, 4.69) is 5.16 Å². The number of benzene rings is 2. The van der Waals surface area contributed by atoms with Gasteiger partial charge in [0.25, 0.3) is 17.5 Å². The number of hydrogen-bond acceptors (Lipinski definition) is 6. The summed E-state index contributed by atoms with van der Waals surface area (Å²) in [5.74, 6) is -0.879. The maximum atomic E-state index is 12.3. The summed E-state index contributed by atoms with van der Waals surface area (Å²) in [5.41, 5.74) is 1.45. The van der Waals surface area contributed by atoms with E-state index in [0.29, 0.717) is 16.7 Å². The van der Waals surface area contributed by atoms with Crippen LogP contribution in [0.4, 0.5) is 5.69 Å². The van der Waals surface area contributed by atoms with Gasteiger partial charge in [-0.2, -0.15) is 0 Å². The number of non-ortho nitro benzene ring substituents is 1. The van der Waals surface area contributed by atoms with E-state index in [9.17, 15) is 24.9 Å². The SMILES string of the molecule is O=C1c2ccccc2C(=O)N1CC(Cc1ccc([N+](=O)[O-])cc1)=NO. The van der Waals surface area contributed by atoms with Gasteiger partial charge in [-0.05, 0) is 17.7 Å². The van der Waals surface area contributed by atoms with E-state index < -0.39 is 16.7 Å². The number of nitro benzene ring substituents is 1. The first kappa shape index (κ1) is 16.3. The van der Waals surface area contributed by atoms with Gasteiger partial charge in [0, 0.05) is 18.6 Å². The zero-order valence-corrected chi connectivity index (χ0v) is 13.0. The van der Waals surface area contributed by atoms with E-state index in [0.717, 1.165) is 4.90 Å². The lowest BCUT2D eigenvalue weighted by Crippen LogP contribution is -2.35. The highest BCUT2D eigenvalue weighted by molar-refractivity contribution is 6.22. The number of rotatable bonds is 5. The Bertz CT molecular complexity index is 854. The maximum absolute atomic E-state index is 12.3. The van der Waals surface area contributed by atoms with Gasteiger partial charge in [-0.25, -0.2) is 0 Å². The van der Waals surface area contributed by atoms with Crippen LogP contribution >= 0.6 is 0 Å². The number of imide groups is 1. The lowest BCUT2D eigenvalue weighted by Gasteiger charge is -2.14. The zero-order valence-electron chi connectivity index (χ0n) is 13.0. The normalized spacial score (nSPS) is 13.9. The van der Waals surface area contributed by atoms with Gasteiger partial charge in [-0.3, -0.25) is 24.6 Å². The number of carbonyl (C=O) groups is 2. The third-order valence-electron chi connectivity index (χ3n) is 3.92. The highest BCUT2D eigenvalue weighted by atomic mass is 16.6. The van der Waals surface area contributed by atoms with Crippen LogP contribution in [-0.4, -0.2) is 39.1 Å². The van der Waals surface area contributed by atoms with E-state index in [1.165, 1.54) is 24.3 Å². The molecule has 0 bridgehead atoms. The molecule has 0 aromatic heterocycles. The van der Waals surface area contributed by atoms with Crippen LogP contribution in [-0.2, 0) is 6.42 Å². The average Bonchev–Trinajstić information content (AvgIpc) is 2.86. The second kappa shape index (κ2) is 6.52. The second-order valence-electron chi connectivity index (χ2n) is 5.51. The number of carbonyl (C=O) groups excluding carboxylic acids is 2. The van der Waals surface area contributed by atoms with Crippen molar-refractivity contribution < 1.29 is 19.7 Å². The average molecular weight is 339 g/mol. The highest BCUT2D eigenvalue weighted by Gasteiger charge is 2.35. The van der Waals surface area contributed by atoms with Gasteiger partial charge < -0.3 is 5.21 Å². The number of amides is 2. The van der Waals surface area contributed by atoms with Gasteiger partial charge in [-0.15, -0.1) is 0 Å². The molecule has 2 aromatic rings. The summed E-state index contributed by atoms with van der Waals surface area (Å²) in [6.45, 7) is -0.153. The van der Waals surface area contributed by atoms with Crippen molar-refractivity contribution in [2.24, 2.45) is 5.16 Å². The fourth-order valence-corrected chi connectivity index (χ4v) is 2.66. The lowest BCUT2D eigenvalue weighted by atomic mass is 10.1. The smallest absolute Gasteiger partial charge is 0.269 e. The van der Waals surface area contributed by atoms with Crippen LogP contribution in [0.1, 0.15) is 26.3 Å². The molecule has 2 amide bonds. The quantitative estimate of drug-likeness (QED) is 0.295. The lowest BCUT2D eigenvalue weighted by molar-refractivity contribution is -0.384. The Morgan fingerprint density at radius 1 is 1.04 bits per heavy atom. The molecule has 126 valence electrons. The molecule has 0 spiro atoms. The standard InChI is InChI=1S/C17H13N3O5/c21-16-14-3-1-2-4-15(14)17(22)19(16)10-12(18-23)9-11-5-7-13(8-6-11)20(24)25/h1-8,23H,9-10H2. The molecule has 0 fully saturated rings. The van der Waals surface area contributed by atoms with E-state index in [-0.39, 0.29) is 24.4 Å². The van der Waals surface area contributed by atoms with Crippen LogP contribution in [0.15, 0.2) is 53.7 Å². The summed E-state index contributed by atoms with van der Waals surface area (Å²) in [7, 11) is 0. The minimum absolute atomic E-state index is 0.0495. The van der Waals surface area contributed by atoms with E-state index in [1.807, 2.05) is 0 Å². The van der Waals surface area contributed by atoms with Gasteiger partial charge >= 0.3 is 0 Å². The first-order valence-corrected chi connectivity index (χ1v) is 7.39. The van der Waals surface area contributed by atoms with Crippen molar-refractivity contribution >= 4 is 23.2 Å². The fraction of sp³-hybridized carbons (Fsp3) is 0.118. The van der Waals surface area contributed by atoms with Gasteiger partial charge in [0.2, 0.25) is 0 Å². The van der Waals surface area contributed by atoms with Gasteiger partial charge in [0.1, 0.15) is 0 Å². The zero-order chi connectivity index (χ0) is 18.0. The number of hydrogen-bond donors (Lipinski definition) is 1. The van der Waals surface area contributed by atoms with Crippen molar-refractivity contribution in [3.63, 3.8) is 0 Å². The Kier molecular flexibility index (Phi) is 4.25. The molecule has 0 saturated carbocycles. The summed E-state index contributed by atoms with van der Waals surface area (Å²) < 4.78 is 0. The number of nitro groups is 1. The Morgan fingerprint density at radius 2 is 1.60 bits per heavy atom. The molecular formula is C17H13N3O5. The van der Waals surface area contributed by atoms with Gasteiger partial charge in [0.05, 0.1) is 28.3 Å². The molecule has 1 aliphatic rings. The van der Waals surface area contributed by atoms with Crippen molar-refractivity contribution in [1.82, 2.24) is 4.90 Å². The molecule has 0 saturated heterocycles. The third kappa shape index (κ3) is 3.09. The molecule has 1 aliphatic heterocycles. The van der Waals surface area contributed by atoms with Crippen molar-refractivity contribution in [2.75, 3.05) is 6.54 Å². The Balaban J connectivity index is 1.74. The molecule has 0 aliphatic carbocycles. The number of oxime groups is 1. The maximum Gasteiger partial charge on any atom is 0.269 e. The predicted molar refractivity (Wildman–Crippen MR) is 87.8 cm³/mol. The fourth-order valence-electron chi connectivity index (χ4n) is 2.66. The highest BCUT2D eigenvalue weighted by Crippen LogP contribution is 2.22. The Labute approximate surface area is 142 Å². The van der Waals surface area contributed by atoms with Crippen LogP contribution in [0, 0.1) is 10.1 Å². The molecule has 0 unspecified atom stereocenters. The minimum atomic E-state index is -0.510. The largest absolute Gasteiger partial charge is 0.411 e.